The molecule has 1 amide bonds. The summed E-state index contributed by atoms with van der Waals surface area (Å²) in [5.74, 6) is -0.711. The SMILES string of the molecule is CCc1ccc(-n2c(=O)/c(=C\c3ccc(F)cc3)s/c2=C(/C#N)C(=O)N2CCCC2)cc1. The first kappa shape index (κ1) is 21.7. The molecule has 2 aromatic carbocycles. The number of carbonyl (C=O) groups is 1. The van der Waals surface area contributed by atoms with Crippen LogP contribution < -0.4 is 14.8 Å². The van der Waals surface area contributed by atoms with Gasteiger partial charge in [0.05, 0.1) is 10.2 Å². The number of thiazole rings is 1. The third-order valence-electron chi connectivity index (χ3n) is 5.53. The smallest absolute Gasteiger partial charge is 0.273 e. The first-order valence-electron chi connectivity index (χ1n) is 10.5. The van der Waals surface area contributed by atoms with Crippen LogP contribution in [-0.4, -0.2) is 28.5 Å². The molecule has 32 heavy (non-hydrogen) atoms. The van der Waals surface area contributed by atoms with Crippen molar-refractivity contribution in [3.05, 3.63) is 85.0 Å². The van der Waals surface area contributed by atoms with E-state index in [1.165, 1.54) is 16.7 Å². The monoisotopic (exact) mass is 447 g/mol. The first-order valence-corrected chi connectivity index (χ1v) is 11.4. The van der Waals surface area contributed by atoms with Gasteiger partial charge in [-0.3, -0.25) is 14.2 Å². The fourth-order valence-corrected chi connectivity index (χ4v) is 4.84. The molecule has 0 N–H and O–H groups in total. The Balaban J connectivity index is 1.98. The van der Waals surface area contributed by atoms with Crippen LogP contribution in [0.4, 0.5) is 4.39 Å². The Kier molecular flexibility index (Phi) is 6.33. The fourth-order valence-electron chi connectivity index (χ4n) is 3.74. The van der Waals surface area contributed by atoms with Crippen LogP contribution in [0.25, 0.3) is 17.3 Å². The molecule has 1 aliphatic rings. The standard InChI is InChI=1S/C25H22FN3O2S/c1-2-17-7-11-20(12-8-17)29-24(31)22(15-18-5-9-19(26)10-6-18)32-25(29)21(16-27)23(30)28-13-3-4-14-28/h5-12,15H,2-4,13-14H2,1H3/b22-15+,25-21-. The third kappa shape index (κ3) is 4.27. The molecular formula is C25H22FN3O2S. The number of rotatable bonds is 4. The lowest BCUT2D eigenvalue weighted by atomic mass is 10.1. The number of nitrogens with zero attached hydrogens (tertiary/aromatic N) is 3. The highest BCUT2D eigenvalue weighted by Gasteiger charge is 2.24. The Morgan fingerprint density at radius 1 is 1.12 bits per heavy atom. The second-order valence-electron chi connectivity index (χ2n) is 7.61. The Morgan fingerprint density at radius 2 is 1.78 bits per heavy atom. The number of aryl methyl sites for hydroxylation is 1. The Bertz CT molecular complexity index is 1360. The predicted molar refractivity (Wildman–Crippen MR) is 123 cm³/mol. The average molecular weight is 448 g/mol. The van der Waals surface area contributed by atoms with E-state index >= 15 is 0 Å². The van der Waals surface area contributed by atoms with Gasteiger partial charge in [-0.2, -0.15) is 5.26 Å². The lowest BCUT2D eigenvalue weighted by Crippen LogP contribution is -2.35. The number of aromatic nitrogens is 1. The van der Waals surface area contributed by atoms with Crippen LogP contribution in [0.15, 0.2) is 53.3 Å². The summed E-state index contributed by atoms with van der Waals surface area (Å²) in [6.45, 7) is 3.27. The summed E-state index contributed by atoms with van der Waals surface area (Å²) < 4.78 is 15.4. The minimum Gasteiger partial charge on any atom is -0.338 e. The van der Waals surface area contributed by atoms with E-state index in [4.69, 9.17) is 0 Å². The van der Waals surface area contributed by atoms with Crippen LogP contribution in [0.2, 0.25) is 0 Å². The fraction of sp³-hybridized carbons (Fsp3) is 0.240. The van der Waals surface area contributed by atoms with E-state index in [2.05, 4.69) is 6.07 Å². The minimum atomic E-state index is -0.362. The Labute approximate surface area is 189 Å². The maximum absolute atomic E-state index is 13.4. The molecule has 5 nitrogen and oxygen atoms in total. The summed E-state index contributed by atoms with van der Waals surface area (Å²) in [5.41, 5.74) is 2.02. The van der Waals surface area contributed by atoms with Crippen molar-refractivity contribution >= 4 is 28.9 Å². The van der Waals surface area contributed by atoms with Gasteiger partial charge >= 0.3 is 0 Å². The number of hydrogen-bond acceptors (Lipinski definition) is 4. The molecule has 162 valence electrons. The van der Waals surface area contributed by atoms with Crippen LogP contribution in [0.1, 0.15) is 30.9 Å². The highest BCUT2D eigenvalue weighted by atomic mass is 32.1. The molecule has 0 aliphatic carbocycles. The quantitative estimate of drug-likeness (QED) is 0.618. The van der Waals surface area contributed by atoms with Gasteiger partial charge < -0.3 is 4.90 Å². The van der Waals surface area contributed by atoms with Crippen LogP contribution in [-0.2, 0) is 11.2 Å². The lowest BCUT2D eigenvalue weighted by molar-refractivity contribution is -0.123. The number of nitriles is 1. The van der Waals surface area contributed by atoms with Crippen molar-refractivity contribution < 1.29 is 9.18 Å². The van der Waals surface area contributed by atoms with Gasteiger partial charge in [-0.1, -0.05) is 31.2 Å². The number of benzene rings is 2. The molecule has 0 spiro atoms. The maximum Gasteiger partial charge on any atom is 0.273 e. The molecule has 2 heterocycles. The summed E-state index contributed by atoms with van der Waals surface area (Å²) in [5, 5.41) is 9.89. The summed E-state index contributed by atoms with van der Waals surface area (Å²) >= 11 is 1.10. The van der Waals surface area contributed by atoms with E-state index in [-0.39, 0.29) is 22.9 Å². The van der Waals surface area contributed by atoms with E-state index < -0.39 is 0 Å². The van der Waals surface area contributed by atoms with Crippen molar-refractivity contribution in [2.24, 2.45) is 0 Å². The van der Waals surface area contributed by atoms with E-state index in [1.807, 2.05) is 31.2 Å². The zero-order valence-electron chi connectivity index (χ0n) is 17.7. The van der Waals surface area contributed by atoms with Crippen molar-refractivity contribution in [2.45, 2.75) is 26.2 Å². The van der Waals surface area contributed by atoms with Gasteiger partial charge in [-0.05, 0) is 60.7 Å². The largest absolute Gasteiger partial charge is 0.338 e. The van der Waals surface area contributed by atoms with Gasteiger partial charge in [0.1, 0.15) is 16.5 Å². The number of likely N-dealkylation sites (tertiary alicyclic amines) is 1. The molecule has 7 heteroatoms. The Morgan fingerprint density at radius 3 is 2.38 bits per heavy atom. The van der Waals surface area contributed by atoms with Crippen molar-refractivity contribution in [1.82, 2.24) is 9.47 Å². The molecule has 4 rings (SSSR count). The molecule has 0 unspecified atom stereocenters. The molecular weight excluding hydrogens is 425 g/mol. The average Bonchev–Trinajstić information content (AvgIpc) is 3.45. The van der Waals surface area contributed by atoms with Crippen molar-refractivity contribution in [3.63, 3.8) is 0 Å². The van der Waals surface area contributed by atoms with E-state index in [0.717, 1.165) is 36.2 Å². The van der Waals surface area contributed by atoms with Crippen LogP contribution in [0.3, 0.4) is 0 Å². The minimum absolute atomic E-state index is 0.0349. The topological polar surface area (TPSA) is 66.1 Å². The number of carbonyl (C=O) groups excluding carboxylic acids is 1. The van der Waals surface area contributed by atoms with Crippen LogP contribution in [0.5, 0.6) is 0 Å². The second-order valence-corrected chi connectivity index (χ2v) is 8.64. The van der Waals surface area contributed by atoms with Gasteiger partial charge in [-0.25, -0.2) is 4.39 Å². The van der Waals surface area contributed by atoms with Crippen molar-refractivity contribution in [1.29, 1.82) is 5.26 Å². The molecule has 0 bridgehead atoms. The first-order chi connectivity index (χ1) is 15.5. The number of hydrogen-bond donors (Lipinski definition) is 0. The molecule has 1 fully saturated rings. The highest BCUT2D eigenvalue weighted by molar-refractivity contribution is 7.07. The summed E-state index contributed by atoms with van der Waals surface area (Å²) in [7, 11) is 0. The Hall–Kier alpha value is -3.50. The van der Waals surface area contributed by atoms with Crippen LogP contribution >= 0.6 is 11.3 Å². The highest BCUT2D eigenvalue weighted by Crippen LogP contribution is 2.13. The molecule has 1 saturated heterocycles. The molecule has 0 saturated carbocycles. The maximum atomic E-state index is 13.4. The summed E-state index contributed by atoms with van der Waals surface area (Å²) in [4.78, 5) is 28.1. The molecule has 1 aromatic heterocycles. The molecule has 3 aromatic rings. The summed E-state index contributed by atoms with van der Waals surface area (Å²) in [6.07, 6.45) is 4.33. The van der Waals surface area contributed by atoms with E-state index in [9.17, 15) is 19.2 Å². The van der Waals surface area contributed by atoms with E-state index in [0.29, 0.717) is 33.5 Å². The molecule has 0 atom stereocenters. The van der Waals surface area contributed by atoms with Gasteiger partial charge in [0.25, 0.3) is 11.5 Å². The van der Waals surface area contributed by atoms with Gasteiger partial charge in [0.15, 0.2) is 5.57 Å². The lowest BCUT2D eigenvalue weighted by Gasteiger charge is -2.14. The van der Waals surface area contributed by atoms with Gasteiger partial charge in [-0.15, -0.1) is 11.3 Å². The van der Waals surface area contributed by atoms with Gasteiger partial charge in [0.2, 0.25) is 0 Å². The van der Waals surface area contributed by atoms with Gasteiger partial charge in [0, 0.05) is 13.1 Å². The predicted octanol–water partition coefficient (Wildman–Crippen LogP) is 2.73. The van der Waals surface area contributed by atoms with Crippen molar-refractivity contribution in [3.8, 4) is 11.8 Å². The zero-order chi connectivity index (χ0) is 22.7. The van der Waals surface area contributed by atoms with Crippen LogP contribution in [0, 0.1) is 17.1 Å². The molecule has 1 aliphatic heterocycles. The summed E-state index contributed by atoms with van der Waals surface area (Å²) in [6, 6.07) is 15.4. The second kappa shape index (κ2) is 9.33. The normalized spacial score (nSPS) is 15.0. The number of halogens is 1. The van der Waals surface area contributed by atoms with E-state index in [1.54, 1.807) is 23.1 Å². The zero-order valence-corrected chi connectivity index (χ0v) is 18.5. The molecule has 0 radical (unpaired) electrons. The van der Waals surface area contributed by atoms with Crippen molar-refractivity contribution in [2.75, 3.05) is 13.1 Å². The third-order valence-corrected chi connectivity index (χ3v) is 6.62. The number of amides is 1.